The predicted octanol–water partition coefficient (Wildman–Crippen LogP) is 5.05. The van der Waals surface area contributed by atoms with Gasteiger partial charge < -0.3 is 24.3 Å². The molecule has 2 fully saturated rings. The zero-order valence-corrected chi connectivity index (χ0v) is 22.7. The third kappa shape index (κ3) is 5.18. The number of methoxy groups -OCH3 is 2. The third-order valence-corrected chi connectivity index (χ3v) is 8.52. The number of aromatic nitrogens is 1. The van der Waals surface area contributed by atoms with Crippen LogP contribution in [0, 0.1) is 13.8 Å². The molecular formula is C28H38N4O3S. The van der Waals surface area contributed by atoms with Crippen LogP contribution in [0.25, 0.3) is 21.5 Å². The maximum Gasteiger partial charge on any atom is 0.320 e. The highest BCUT2D eigenvalue weighted by molar-refractivity contribution is 7.16. The fourth-order valence-corrected chi connectivity index (χ4v) is 6.54. The second-order valence-corrected chi connectivity index (χ2v) is 11.1. The van der Waals surface area contributed by atoms with Crippen LogP contribution in [0.4, 0.5) is 4.79 Å². The second-order valence-electron chi connectivity index (χ2n) is 10.2. The van der Waals surface area contributed by atoms with Crippen LogP contribution in [0.3, 0.4) is 0 Å². The molecule has 1 N–H and O–H groups in total. The number of carbonyl (C=O) groups excluding carboxylic acids is 1. The molecule has 0 aliphatic carbocycles. The van der Waals surface area contributed by atoms with Gasteiger partial charge in [0.2, 0.25) is 0 Å². The summed E-state index contributed by atoms with van der Waals surface area (Å²) >= 11 is 1.74. The number of likely N-dealkylation sites (tertiary alicyclic amines) is 1. The number of piperazine rings is 1. The van der Waals surface area contributed by atoms with Crippen molar-refractivity contribution in [1.29, 1.82) is 0 Å². The maximum absolute atomic E-state index is 13.1. The number of fused-ring (bicyclic) bond motifs is 1. The van der Waals surface area contributed by atoms with Crippen LogP contribution in [-0.2, 0) is 9.47 Å². The minimum atomic E-state index is -0.0560. The molecule has 2 aromatic heterocycles. The van der Waals surface area contributed by atoms with Gasteiger partial charge in [-0.15, -0.1) is 11.3 Å². The number of aryl methyl sites for hydroxylation is 2. The second kappa shape index (κ2) is 10.9. The van der Waals surface area contributed by atoms with Gasteiger partial charge in [-0.05, 0) is 55.8 Å². The van der Waals surface area contributed by atoms with E-state index in [4.69, 9.17) is 9.47 Å². The number of aromatic amines is 1. The van der Waals surface area contributed by atoms with E-state index in [1.165, 1.54) is 32.5 Å². The summed E-state index contributed by atoms with van der Waals surface area (Å²) in [5, 5.41) is 3.39. The van der Waals surface area contributed by atoms with E-state index in [-0.39, 0.29) is 18.2 Å². The van der Waals surface area contributed by atoms with Crippen LogP contribution in [0.2, 0.25) is 0 Å². The van der Waals surface area contributed by atoms with Crippen molar-refractivity contribution in [2.75, 3.05) is 60.0 Å². The number of nitrogens with zero attached hydrogens (tertiary/aromatic N) is 3. The van der Waals surface area contributed by atoms with Crippen molar-refractivity contribution < 1.29 is 14.3 Å². The number of carbonyl (C=O) groups is 1. The lowest BCUT2D eigenvalue weighted by Crippen LogP contribution is -2.54. The van der Waals surface area contributed by atoms with Crippen molar-refractivity contribution in [1.82, 2.24) is 19.7 Å². The van der Waals surface area contributed by atoms with E-state index in [1.54, 1.807) is 18.4 Å². The van der Waals surface area contributed by atoms with Gasteiger partial charge in [-0.25, -0.2) is 4.79 Å². The smallest absolute Gasteiger partial charge is 0.320 e. The number of urea groups is 1. The molecule has 3 aromatic rings. The normalized spacial score (nSPS) is 18.8. The summed E-state index contributed by atoms with van der Waals surface area (Å²) in [6.45, 7) is 9.90. The highest BCUT2D eigenvalue weighted by atomic mass is 32.1. The SMILES string of the molecule is COC1CCN(C(=O)N2CCN(CC(OC)c3c(-c4cc(C)cc(C)c4)[nH]c4sccc34)CC2)CC1. The van der Waals surface area contributed by atoms with Crippen LogP contribution >= 0.6 is 11.3 Å². The van der Waals surface area contributed by atoms with E-state index in [0.29, 0.717) is 0 Å². The molecule has 0 radical (unpaired) electrons. The summed E-state index contributed by atoms with van der Waals surface area (Å²) in [5.74, 6) is 0. The van der Waals surface area contributed by atoms with Crippen LogP contribution in [0.1, 0.15) is 35.6 Å². The van der Waals surface area contributed by atoms with E-state index >= 15 is 0 Å². The van der Waals surface area contributed by atoms with Crippen LogP contribution < -0.4 is 0 Å². The van der Waals surface area contributed by atoms with Crippen LogP contribution in [0.5, 0.6) is 0 Å². The summed E-state index contributed by atoms with van der Waals surface area (Å²) in [6.07, 6.45) is 2.08. The molecule has 2 aliphatic rings. The van der Waals surface area contributed by atoms with E-state index in [0.717, 1.165) is 64.3 Å². The molecule has 7 nitrogen and oxygen atoms in total. The minimum absolute atomic E-state index is 0.0560. The van der Waals surface area contributed by atoms with E-state index < -0.39 is 0 Å². The highest BCUT2D eigenvalue weighted by Gasteiger charge is 2.30. The van der Waals surface area contributed by atoms with Crippen molar-refractivity contribution in [2.45, 2.75) is 38.9 Å². The topological polar surface area (TPSA) is 61.0 Å². The molecular weight excluding hydrogens is 472 g/mol. The molecule has 1 unspecified atom stereocenters. The number of ether oxygens (including phenoxy) is 2. The van der Waals surface area contributed by atoms with E-state index in [1.807, 2.05) is 16.9 Å². The third-order valence-electron chi connectivity index (χ3n) is 7.69. The van der Waals surface area contributed by atoms with Crippen LogP contribution in [0.15, 0.2) is 29.6 Å². The summed E-state index contributed by atoms with van der Waals surface area (Å²) in [7, 11) is 3.57. The zero-order chi connectivity index (χ0) is 25.2. The molecule has 0 bridgehead atoms. The number of H-pyrrole nitrogens is 1. The number of hydrogen-bond acceptors (Lipinski definition) is 5. The van der Waals surface area contributed by atoms with Crippen LogP contribution in [-0.4, -0.2) is 91.9 Å². The standard InChI is InChI=1S/C28H38N4O3S/c1-19-15-20(2)17-21(16-19)26-25(23-7-14-36-27(23)29-26)24(35-4)18-30-10-12-32(13-11-30)28(33)31-8-5-22(34-3)6-9-31/h7,14-17,22,24,29H,5-6,8-13,18H2,1-4H3. The Hall–Kier alpha value is -2.39. The molecule has 0 saturated carbocycles. The van der Waals surface area contributed by atoms with Gasteiger partial charge in [-0.3, -0.25) is 4.90 Å². The monoisotopic (exact) mass is 510 g/mol. The summed E-state index contributed by atoms with van der Waals surface area (Å²) in [6, 6.07) is 9.09. The van der Waals surface area contributed by atoms with Gasteiger partial charge >= 0.3 is 6.03 Å². The average Bonchev–Trinajstić information content (AvgIpc) is 3.49. The average molecular weight is 511 g/mol. The Labute approximate surface area is 218 Å². The maximum atomic E-state index is 13.1. The number of nitrogens with one attached hydrogen (secondary N) is 1. The quantitative estimate of drug-likeness (QED) is 0.504. The first kappa shape index (κ1) is 25.3. The molecule has 5 rings (SSSR count). The Kier molecular flexibility index (Phi) is 7.67. The summed E-state index contributed by atoms with van der Waals surface area (Å²) in [4.78, 5) is 24.4. The molecule has 2 amide bonds. The number of hydrogen-bond donors (Lipinski definition) is 1. The first-order chi connectivity index (χ1) is 17.5. The zero-order valence-electron chi connectivity index (χ0n) is 21.9. The Bertz CT molecular complexity index is 1170. The molecule has 1 atom stereocenters. The lowest BCUT2D eigenvalue weighted by atomic mass is 9.98. The van der Waals surface area contributed by atoms with Crippen molar-refractivity contribution in [3.8, 4) is 11.3 Å². The van der Waals surface area contributed by atoms with Crippen molar-refractivity contribution in [3.05, 3.63) is 46.3 Å². The Morgan fingerprint density at radius 2 is 1.69 bits per heavy atom. The summed E-state index contributed by atoms with van der Waals surface area (Å²) < 4.78 is 11.6. The first-order valence-electron chi connectivity index (χ1n) is 13.0. The number of amides is 2. The van der Waals surface area contributed by atoms with Gasteiger partial charge in [-0.1, -0.05) is 17.2 Å². The van der Waals surface area contributed by atoms with Gasteiger partial charge in [0.05, 0.1) is 17.9 Å². The molecule has 36 heavy (non-hydrogen) atoms. The van der Waals surface area contributed by atoms with Crippen molar-refractivity contribution >= 4 is 27.6 Å². The van der Waals surface area contributed by atoms with E-state index in [9.17, 15) is 4.79 Å². The molecule has 2 saturated heterocycles. The molecule has 2 aliphatic heterocycles. The number of rotatable bonds is 6. The van der Waals surface area contributed by atoms with Crippen molar-refractivity contribution in [3.63, 3.8) is 0 Å². The van der Waals surface area contributed by atoms with Gasteiger partial charge in [0, 0.05) is 71.0 Å². The van der Waals surface area contributed by atoms with Crippen molar-refractivity contribution in [2.24, 2.45) is 0 Å². The largest absolute Gasteiger partial charge is 0.381 e. The first-order valence-corrected chi connectivity index (χ1v) is 13.8. The molecule has 194 valence electrons. The lowest BCUT2D eigenvalue weighted by Gasteiger charge is -2.40. The van der Waals surface area contributed by atoms with E-state index in [2.05, 4.69) is 53.4 Å². The molecule has 4 heterocycles. The number of thiophene rings is 1. The lowest BCUT2D eigenvalue weighted by molar-refractivity contribution is 0.0318. The van der Waals surface area contributed by atoms with Gasteiger partial charge in [0.15, 0.2) is 0 Å². The minimum Gasteiger partial charge on any atom is -0.381 e. The number of benzene rings is 1. The Morgan fingerprint density at radius 1 is 1.03 bits per heavy atom. The predicted molar refractivity (Wildman–Crippen MR) is 146 cm³/mol. The number of piperidine rings is 1. The fraction of sp³-hybridized carbons (Fsp3) is 0.536. The molecule has 0 spiro atoms. The fourth-order valence-electron chi connectivity index (χ4n) is 5.74. The summed E-state index contributed by atoms with van der Waals surface area (Å²) in [5.41, 5.74) is 6.12. The van der Waals surface area contributed by atoms with Gasteiger partial charge in [0.1, 0.15) is 4.83 Å². The molecule has 8 heteroatoms. The van der Waals surface area contributed by atoms with Gasteiger partial charge in [0.25, 0.3) is 0 Å². The Morgan fingerprint density at radius 3 is 2.33 bits per heavy atom. The Balaban J connectivity index is 1.28. The highest BCUT2D eigenvalue weighted by Crippen LogP contribution is 2.39. The molecule has 1 aromatic carbocycles. The van der Waals surface area contributed by atoms with Gasteiger partial charge in [-0.2, -0.15) is 0 Å².